The molecule has 0 heterocycles. The number of aliphatic hydroxyl groups excluding tert-OH is 1. The number of hydrogen-bond donors (Lipinski definition) is 1. The monoisotopic (exact) mass is 144 g/mol. The minimum atomic E-state index is -0.526. The summed E-state index contributed by atoms with van der Waals surface area (Å²) in [5, 5.41) is 8.86. The zero-order chi connectivity index (χ0) is 7.45. The SMILES string of the molecule is O=COC1(CO)CCCC1. The molecule has 1 saturated carbocycles. The molecule has 0 amide bonds. The van der Waals surface area contributed by atoms with E-state index in [2.05, 4.69) is 0 Å². The smallest absolute Gasteiger partial charge is 0.293 e. The van der Waals surface area contributed by atoms with Crippen LogP contribution < -0.4 is 0 Å². The quantitative estimate of drug-likeness (QED) is 0.585. The zero-order valence-corrected chi connectivity index (χ0v) is 5.88. The second-order valence-electron chi connectivity index (χ2n) is 2.76. The van der Waals surface area contributed by atoms with E-state index in [-0.39, 0.29) is 6.61 Å². The summed E-state index contributed by atoms with van der Waals surface area (Å²) in [6.45, 7) is 0.396. The van der Waals surface area contributed by atoms with Crippen molar-refractivity contribution < 1.29 is 14.6 Å². The van der Waals surface area contributed by atoms with Crippen LogP contribution >= 0.6 is 0 Å². The molecule has 0 spiro atoms. The lowest BCUT2D eigenvalue weighted by Crippen LogP contribution is -2.32. The van der Waals surface area contributed by atoms with Crippen molar-refractivity contribution in [3.05, 3.63) is 0 Å². The summed E-state index contributed by atoms with van der Waals surface area (Å²) in [6.07, 6.45) is 3.72. The Morgan fingerprint density at radius 2 is 2.10 bits per heavy atom. The Bertz CT molecular complexity index is 116. The molecule has 0 radical (unpaired) electrons. The number of hydrogen-bond acceptors (Lipinski definition) is 3. The number of aliphatic hydroxyl groups is 1. The minimum absolute atomic E-state index is 0.0360. The Kier molecular flexibility index (Phi) is 2.27. The van der Waals surface area contributed by atoms with Crippen molar-refractivity contribution in [1.29, 1.82) is 0 Å². The van der Waals surface area contributed by atoms with Crippen LogP contribution in [0.5, 0.6) is 0 Å². The van der Waals surface area contributed by atoms with E-state index < -0.39 is 5.60 Å². The molecule has 0 aliphatic heterocycles. The third kappa shape index (κ3) is 1.29. The molecule has 0 saturated heterocycles. The van der Waals surface area contributed by atoms with E-state index in [9.17, 15) is 4.79 Å². The third-order valence-electron chi connectivity index (χ3n) is 2.10. The summed E-state index contributed by atoms with van der Waals surface area (Å²) < 4.78 is 4.81. The van der Waals surface area contributed by atoms with Crippen LogP contribution in [0, 0.1) is 0 Å². The second-order valence-corrected chi connectivity index (χ2v) is 2.76. The van der Waals surface area contributed by atoms with Gasteiger partial charge in [-0.2, -0.15) is 0 Å². The van der Waals surface area contributed by atoms with Crippen LogP contribution in [0.3, 0.4) is 0 Å². The maximum Gasteiger partial charge on any atom is 0.293 e. The molecule has 1 fully saturated rings. The number of carbonyl (C=O) groups is 1. The third-order valence-corrected chi connectivity index (χ3v) is 2.10. The van der Waals surface area contributed by atoms with Crippen molar-refractivity contribution >= 4 is 6.47 Å². The highest BCUT2D eigenvalue weighted by molar-refractivity contribution is 5.38. The van der Waals surface area contributed by atoms with E-state index >= 15 is 0 Å². The highest BCUT2D eigenvalue weighted by atomic mass is 16.5. The first kappa shape index (κ1) is 7.54. The van der Waals surface area contributed by atoms with E-state index in [4.69, 9.17) is 9.84 Å². The van der Waals surface area contributed by atoms with Gasteiger partial charge in [-0.25, -0.2) is 0 Å². The zero-order valence-electron chi connectivity index (χ0n) is 5.88. The molecule has 58 valence electrons. The van der Waals surface area contributed by atoms with Gasteiger partial charge in [0.15, 0.2) is 0 Å². The minimum Gasteiger partial charge on any atom is -0.459 e. The first-order chi connectivity index (χ1) is 4.83. The fraction of sp³-hybridized carbons (Fsp3) is 0.857. The lowest BCUT2D eigenvalue weighted by atomic mass is 10.0. The van der Waals surface area contributed by atoms with E-state index in [0.29, 0.717) is 6.47 Å². The van der Waals surface area contributed by atoms with Gasteiger partial charge in [-0.05, 0) is 25.7 Å². The van der Waals surface area contributed by atoms with E-state index in [1.165, 1.54) is 0 Å². The number of carbonyl (C=O) groups excluding carboxylic acids is 1. The second kappa shape index (κ2) is 3.01. The van der Waals surface area contributed by atoms with E-state index in [1.54, 1.807) is 0 Å². The van der Waals surface area contributed by atoms with Crippen LogP contribution in [-0.4, -0.2) is 23.8 Å². The number of ether oxygens (including phenoxy) is 1. The van der Waals surface area contributed by atoms with Crippen molar-refractivity contribution in [3.8, 4) is 0 Å². The van der Waals surface area contributed by atoms with Crippen LogP contribution in [0.2, 0.25) is 0 Å². The average Bonchev–Trinajstić information content (AvgIpc) is 2.39. The molecule has 3 heteroatoms. The highest BCUT2D eigenvalue weighted by Gasteiger charge is 2.34. The molecule has 0 unspecified atom stereocenters. The van der Waals surface area contributed by atoms with Gasteiger partial charge in [0.1, 0.15) is 5.60 Å². The van der Waals surface area contributed by atoms with Gasteiger partial charge >= 0.3 is 0 Å². The molecular formula is C7H12O3. The standard InChI is InChI=1S/C7H12O3/c8-5-7(10-6-9)3-1-2-4-7/h6,8H,1-5H2. The molecule has 0 aromatic rings. The Morgan fingerprint density at radius 1 is 1.50 bits per heavy atom. The summed E-state index contributed by atoms with van der Waals surface area (Å²) in [5.74, 6) is 0. The van der Waals surface area contributed by atoms with Gasteiger partial charge in [0.2, 0.25) is 0 Å². The van der Waals surface area contributed by atoms with Crippen molar-refractivity contribution in [2.45, 2.75) is 31.3 Å². The van der Waals surface area contributed by atoms with Crippen molar-refractivity contribution in [3.63, 3.8) is 0 Å². The summed E-state index contributed by atoms with van der Waals surface area (Å²) in [4.78, 5) is 9.99. The van der Waals surface area contributed by atoms with Gasteiger partial charge in [-0.15, -0.1) is 0 Å². The van der Waals surface area contributed by atoms with Gasteiger partial charge in [-0.1, -0.05) is 0 Å². The van der Waals surface area contributed by atoms with Crippen molar-refractivity contribution in [2.24, 2.45) is 0 Å². The highest BCUT2D eigenvalue weighted by Crippen LogP contribution is 2.31. The maximum atomic E-state index is 9.99. The predicted octanol–water partition coefficient (Wildman–Crippen LogP) is 0.464. The van der Waals surface area contributed by atoms with Crippen LogP contribution in [0.15, 0.2) is 0 Å². The first-order valence-electron chi connectivity index (χ1n) is 3.55. The van der Waals surface area contributed by atoms with E-state index in [1.807, 2.05) is 0 Å². The topological polar surface area (TPSA) is 46.5 Å². The molecular weight excluding hydrogens is 132 g/mol. The van der Waals surface area contributed by atoms with Crippen molar-refractivity contribution in [2.75, 3.05) is 6.61 Å². The molecule has 1 rings (SSSR count). The average molecular weight is 144 g/mol. The molecule has 0 aromatic carbocycles. The van der Waals surface area contributed by atoms with Crippen LogP contribution in [-0.2, 0) is 9.53 Å². The molecule has 3 nitrogen and oxygen atoms in total. The molecule has 10 heavy (non-hydrogen) atoms. The fourth-order valence-corrected chi connectivity index (χ4v) is 1.43. The largest absolute Gasteiger partial charge is 0.459 e. The first-order valence-corrected chi connectivity index (χ1v) is 3.55. The van der Waals surface area contributed by atoms with E-state index in [0.717, 1.165) is 25.7 Å². The molecule has 1 aliphatic rings. The lowest BCUT2D eigenvalue weighted by molar-refractivity contribution is -0.147. The molecule has 0 aromatic heterocycles. The normalized spacial score (nSPS) is 22.5. The summed E-state index contributed by atoms with van der Waals surface area (Å²) in [6, 6.07) is 0. The summed E-state index contributed by atoms with van der Waals surface area (Å²) in [7, 11) is 0. The molecule has 0 atom stereocenters. The predicted molar refractivity (Wildman–Crippen MR) is 35.4 cm³/mol. The van der Waals surface area contributed by atoms with Crippen LogP contribution in [0.4, 0.5) is 0 Å². The van der Waals surface area contributed by atoms with Crippen LogP contribution in [0.1, 0.15) is 25.7 Å². The Balaban J connectivity index is 2.48. The Labute approximate surface area is 60.0 Å². The summed E-state index contributed by atoms with van der Waals surface area (Å²) in [5.41, 5.74) is -0.526. The van der Waals surface area contributed by atoms with Gasteiger partial charge in [0, 0.05) is 0 Å². The molecule has 0 bridgehead atoms. The lowest BCUT2D eigenvalue weighted by Gasteiger charge is -2.23. The van der Waals surface area contributed by atoms with Crippen molar-refractivity contribution in [1.82, 2.24) is 0 Å². The number of rotatable bonds is 3. The molecule has 1 N–H and O–H groups in total. The van der Waals surface area contributed by atoms with Gasteiger partial charge in [-0.3, -0.25) is 4.79 Å². The van der Waals surface area contributed by atoms with Gasteiger partial charge < -0.3 is 9.84 Å². The Hall–Kier alpha value is -0.570. The molecule has 1 aliphatic carbocycles. The summed E-state index contributed by atoms with van der Waals surface area (Å²) >= 11 is 0. The Morgan fingerprint density at radius 3 is 2.50 bits per heavy atom. The van der Waals surface area contributed by atoms with Gasteiger partial charge in [0.25, 0.3) is 6.47 Å². The maximum absolute atomic E-state index is 9.99. The van der Waals surface area contributed by atoms with Gasteiger partial charge in [0.05, 0.1) is 6.61 Å². The van der Waals surface area contributed by atoms with Crippen LogP contribution in [0.25, 0.3) is 0 Å². The fourth-order valence-electron chi connectivity index (χ4n) is 1.43.